The lowest BCUT2D eigenvalue weighted by Gasteiger charge is -2.11. The summed E-state index contributed by atoms with van der Waals surface area (Å²) in [4.78, 5) is 28.6. The zero-order chi connectivity index (χ0) is 19.9. The Labute approximate surface area is 161 Å². The second-order valence-corrected chi connectivity index (χ2v) is 5.90. The van der Waals surface area contributed by atoms with Crippen LogP contribution in [-0.2, 0) is 11.3 Å². The monoisotopic (exact) mass is 379 g/mol. The molecular weight excluding hydrogens is 361 g/mol. The molecule has 3 rings (SSSR count). The van der Waals surface area contributed by atoms with E-state index in [9.17, 15) is 14.0 Å². The topological polar surface area (TPSA) is 80.3 Å². The Balaban J connectivity index is 1.70. The number of ether oxygens (including phenoxy) is 1. The van der Waals surface area contributed by atoms with Gasteiger partial charge in [-0.2, -0.15) is 0 Å². The molecule has 0 spiro atoms. The van der Waals surface area contributed by atoms with E-state index < -0.39 is 5.97 Å². The Bertz CT molecular complexity index is 990. The number of halogens is 1. The molecule has 0 saturated heterocycles. The summed E-state index contributed by atoms with van der Waals surface area (Å²) in [5.41, 5.74) is 1.88. The van der Waals surface area contributed by atoms with Gasteiger partial charge in [-0.1, -0.05) is 24.3 Å². The molecule has 0 saturated carbocycles. The highest BCUT2D eigenvalue weighted by molar-refractivity contribution is 6.08. The first-order chi connectivity index (χ1) is 13.6. The predicted octanol–water partition coefficient (Wildman–Crippen LogP) is 3.87. The number of pyridine rings is 1. The highest BCUT2D eigenvalue weighted by atomic mass is 19.1. The van der Waals surface area contributed by atoms with Crippen LogP contribution in [0.2, 0.25) is 0 Å². The van der Waals surface area contributed by atoms with Gasteiger partial charge in [0.05, 0.1) is 18.4 Å². The molecule has 0 aliphatic rings. The molecule has 0 radical (unpaired) electrons. The van der Waals surface area contributed by atoms with E-state index in [2.05, 4.69) is 15.6 Å². The van der Waals surface area contributed by atoms with Crippen LogP contribution in [0.3, 0.4) is 0 Å². The molecule has 3 aromatic rings. The first-order valence-corrected chi connectivity index (χ1v) is 8.50. The van der Waals surface area contributed by atoms with Gasteiger partial charge in [-0.3, -0.25) is 4.79 Å². The van der Waals surface area contributed by atoms with Crippen molar-refractivity contribution in [1.29, 1.82) is 0 Å². The lowest BCUT2D eigenvalue weighted by atomic mass is 10.1. The Morgan fingerprint density at radius 3 is 2.57 bits per heavy atom. The van der Waals surface area contributed by atoms with Crippen LogP contribution in [0.15, 0.2) is 66.9 Å². The lowest BCUT2D eigenvalue weighted by Crippen LogP contribution is -2.16. The van der Waals surface area contributed by atoms with Crippen molar-refractivity contribution < 1.29 is 18.7 Å². The number of esters is 1. The number of carbonyl (C=O) groups is 2. The van der Waals surface area contributed by atoms with E-state index >= 15 is 0 Å². The van der Waals surface area contributed by atoms with Crippen LogP contribution in [0.4, 0.5) is 15.9 Å². The average molecular weight is 379 g/mol. The number of aromatic nitrogens is 1. The fourth-order valence-electron chi connectivity index (χ4n) is 2.54. The number of nitrogens with one attached hydrogen (secondary N) is 2. The Morgan fingerprint density at radius 2 is 1.82 bits per heavy atom. The maximum absolute atomic E-state index is 13.0. The van der Waals surface area contributed by atoms with Gasteiger partial charge in [0.2, 0.25) is 0 Å². The zero-order valence-electron chi connectivity index (χ0n) is 15.1. The minimum absolute atomic E-state index is 0.266. The molecule has 0 bridgehead atoms. The van der Waals surface area contributed by atoms with Gasteiger partial charge in [-0.05, 0) is 42.0 Å². The molecule has 1 amide bonds. The number of rotatable bonds is 6. The van der Waals surface area contributed by atoms with E-state index in [4.69, 9.17) is 4.74 Å². The van der Waals surface area contributed by atoms with Gasteiger partial charge in [0.1, 0.15) is 11.6 Å². The summed E-state index contributed by atoms with van der Waals surface area (Å²) in [6.45, 7) is 0.434. The number of para-hydroxylation sites is 1. The van der Waals surface area contributed by atoms with Crippen LogP contribution >= 0.6 is 0 Å². The standard InChI is InChI=1S/C21H18FN3O3/c1-28-21(27)17-4-2-3-5-18(17)25-20(26)15-10-11-23-19(12-15)24-13-14-6-8-16(22)9-7-14/h2-12H,13H2,1H3,(H,23,24)(H,25,26). The van der Waals surface area contributed by atoms with Crippen LogP contribution in [-0.4, -0.2) is 24.0 Å². The molecule has 1 aromatic heterocycles. The maximum atomic E-state index is 13.0. The number of carbonyl (C=O) groups excluding carboxylic acids is 2. The van der Waals surface area contributed by atoms with Gasteiger partial charge in [-0.25, -0.2) is 14.2 Å². The van der Waals surface area contributed by atoms with Gasteiger partial charge in [0, 0.05) is 18.3 Å². The van der Waals surface area contributed by atoms with Crippen molar-refractivity contribution in [2.24, 2.45) is 0 Å². The minimum atomic E-state index is -0.535. The normalized spacial score (nSPS) is 10.2. The zero-order valence-corrected chi connectivity index (χ0v) is 15.1. The number of benzene rings is 2. The Kier molecular flexibility index (Phi) is 5.96. The second-order valence-electron chi connectivity index (χ2n) is 5.90. The fraction of sp³-hybridized carbons (Fsp3) is 0.0952. The molecule has 7 heteroatoms. The van der Waals surface area contributed by atoms with Gasteiger partial charge < -0.3 is 15.4 Å². The van der Waals surface area contributed by atoms with E-state index in [1.54, 1.807) is 48.5 Å². The molecule has 0 fully saturated rings. The fourth-order valence-corrected chi connectivity index (χ4v) is 2.54. The second kappa shape index (κ2) is 8.77. The van der Waals surface area contributed by atoms with Crippen molar-refractivity contribution in [1.82, 2.24) is 4.98 Å². The predicted molar refractivity (Wildman–Crippen MR) is 104 cm³/mol. The summed E-state index contributed by atoms with van der Waals surface area (Å²) < 4.78 is 17.7. The van der Waals surface area contributed by atoms with Crippen LogP contribution in [0, 0.1) is 5.82 Å². The van der Waals surface area contributed by atoms with Gasteiger partial charge in [-0.15, -0.1) is 0 Å². The van der Waals surface area contributed by atoms with Crippen molar-refractivity contribution in [2.45, 2.75) is 6.54 Å². The van der Waals surface area contributed by atoms with E-state index in [-0.39, 0.29) is 17.3 Å². The van der Waals surface area contributed by atoms with Crippen molar-refractivity contribution in [2.75, 3.05) is 17.7 Å². The van der Waals surface area contributed by atoms with E-state index in [1.165, 1.54) is 25.4 Å². The molecule has 28 heavy (non-hydrogen) atoms. The number of nitrogens with zero attached hydrogens (tertiary/aromatic N) is 1. The Morgan fingerprint density at radius 1 is 1.07 bits per heavy atom. The van der Waals surface area contributed by atoms with E-state index in [1.807, 2.05) is 0 Å². The molecule has 1 heterocycles. The lowest BCUT2D eigenvalue weighted by molar-refractivity contribution is 0.0602. The van der Waals surface area contributed by atoms with Crippen LogP contribution in [0.5, 0.6) is 0 Å². The third-order valence-electron chi connectivity index (χ3n) is 3.99. The third kappa shape index (κ3) is 4.70. The minimum Gasteiger partial charge on any atom is -0.465 e. The van der Waals surface area contributed by atoms with Crippen LogP contribution < -0.4 is 10.6 Å². The molecule has 0 unspecified atom stereocenters. The van der Waals surface area contributed by atoms with Gasteiger partial charge in [0.15, 0.2) is 0 Å². The van der Waals surface area contributed by atoms with Crippen LogP contribution in [0.1, 0.15) is 26.3 Å². The summed E-state index contributed by atoms with van der Waals surface area (Å²) in [5.74, 6) is -0.720. The molecule has 6 nitrogen and oxygen atoms in total. The smallest absolute Gasteiger partial charge is 0.339 e. The molecule has 142 valence electrons. The highest BCUT2D eigenvalue weighted by Gasteiger charge is 2.14. The molecular formula is C21H18FN3O3. The van der Waals surface area contributed by atoms with Gasteiger partial charge >= 0.3 is 5.97 Å². The molecule has 2 aromatic carbocycles. The summed E-state index contributed by atoms with van der Waals surface area (Å²) in [7, 11) is 1.28. The highest BCUT2D eigenvalue weighted by Crippen LogP contribution is 2.18. The van der Waals surface area contributed by atoms with E-state index in [0.29, 0.717) is 23.6 Å². The molecule has 0 aliphatic carbocycles. The summed E-state index contributed by atoms with van der Waals surface area (Å²) >= 11 is 0. The summed E-state index contributed by atoms with van der Waals surface area (Å²) in [6.07, 6.45) is 1.51. The molecule has 0 aliphatic heterocycles. The largest absolute Gasteiger partial charge is 0.465 e. The van der Waals surface area contributed by atoms with Crippen molar-refractivity contribution >= 4 is 23.4 Å². The van der Waals surface area contributed by atoms with E-state index in [0.717, 1.165) is 5.56 Å². The first kappa shape index (κ1) is 19.0. The van der Waals surface area contributed by atoms with Crippen molar-refractivity contribution in [3.8, 4) is 0 Å². The number of methoxy groups -OCH3 is 1. The number of hydrogen-bond acceptors (Lipinski definition) is 5. The third-order valence-corrected chi connectivity index (χ3v) is 3.99. The number of amides is 1. The SMILES string of the molecule is COC(=O)c1ccccc1NC(=O)c1ccnc(NCc2ccc(F)cc2)c1. The first-order valence-electron chi connectivity index (χ1n) is 8.50. The van der Waals surface area contributed by atoms with Crippen LogP contribution in [0.25, 0.3) is 0 Å². The summed E-state index contributed by atoms with van der Waals surface area (Å²) in [6, 6.07) is 15.9. The van der Waals surface area contributed by atoms with Crippen molar-refractivity contribution in [3.63, 3.8) is 0 Å². The number of hydrogen-bond donors (Lipinski definition) is 2. The molecule has 0 atom stereocenters. The summed E-state index contributed by atoms with van der Waals surface area (Å²) in [5, 5.41) is 5.80. The van der Waals surface area contributed by atoms with Crippen molar-refractivity contribution in [3.05, 3.63) is 89.4 Å². The van der Waals surface area contributed by atoms with Gasteiger partial charge in [0.25, 0.3) is 5.91 Å². The number of anilines is 2. The molecule has 2 N–H and O–H groups in total. The Hall–Kier alpha value is -3.74. The average Bonchev–Trinajstić information content (AvgIpc) is 2.73. The quantitative estimate of drug-likeness (QED) is 0.636. The maximum Gasteiger partial charge on any atom is 0.339 e.